The first kappa shape index (κ1) is 17.8. The number of hydrogen-bond donors (Lipinski definition) is 1. The summed E-state index contributed by atoms with van der Waals surface area (Å²) in [5.74, 6) is 0.793. The summed E-state index contributed by atoms with van der Waals surface area (Å²) < 4.78 is 11.0. The van der Waals surface area contributed by atoms with Crippen LogP contribution in [0, 0.1) is 0 Å². The molecule has 26 heavy (non-hydrogen) atoms. The summed E-state index contributed by atoms with van der Waals surface area (Å²) in [7, 11) is 0. The SMILES string of the molecule is O=C(Nc1cccnc1OCc1cccc(OCCl)c1)c1ccccc1. The van der Waals surface area contributed by atoms with Gasteiger partial charge in [0.05, 0.1) is 0 Å². The Bertz CT molecular complexity index is 872. The molecule has 0 saturated heterocycles. The third kappa shape index (κ3) is 4.74. The van der Waals surface area contributed by atoms with E-state index in [4.69, 9.17) is 21.1 Å². The normalized spacial score (nSPS) is 10.2. The van der Waals surface area contributed by atoms with Crippen LogP contribution in [-0.2, 0) is 6.61 Å². The lowest BCUT2D eigenvalue weighted by Gasteiger charge is -2.12. The van der Waals surface area contributed by atoms with Crippen molar-refractivity contribution in [2.24, 2.45) is 0 Å². The maximum atomic E-state index is 12.3. The molecule has 1 amide bonds. The molecule has 3 aromatic rings. The first-order valence-electron chi connectivity index (χ1n) is 7.98. The van der Waals surface area contributed by atoms with E-state index in [1.807, 2.05) is 42.5 Å². The number of nitrogens with zero attached hydrogens (tertiary/aromatic N) is 1. The van der Waals surface area contributed by atoms with Gasteiger partial charge in [-0.2, -0.15) is 0 Å². The van der Waals surface area contributed by atoms with Crippen LogP contribution in [0.1, 0.15) is 15.9 Å². The molecule has 1 heterocycles. The zero-order chi connectivity index (χ0) is 18.2. The van der Waals surface area contributed by atoms with Gasteiger partial charge in [0, 0.05) is 11.8 Å². The van der Waals surface area contributed by atoms with E-state index in [-0.39, 0.29) is 18.6 Å². The molecule has 0 fully saturated rings. The van der Waals surface area contributed by atoms with Crippen molar-refractivity contribution >= 4 is 23.2 Å². The van der Waals surface area contributed by atoms with E-state index in [9.17, 15) is 4.79 Å². The molecule has 0 saturated carbocycles. The molecule has 1 aromatic heterocycles. The van der Waals surface area contributed by atoms with Crippen LogP contribution in [0.2, 0.25) is 0 Å². The number of nitrogens with one attached hydrogen (secondary N) is 1. The lowest BCUT2D eigenvalue weighted by Crippen LogP contribution is -2.13. The molecular formula is C20H17ClN2O3. The van der Waals surface area contributed by atoms with Gasteiger partial charge in [0.1, 0.15) is 18.0 Å². The van der Waals surface area contributed by atoms with Gasteiger partial charge < -0.3 is 14.8 Å². The quantitative estimate of drug-likeness (QED) is 0.624. The second-order valence-corrected chi connectivity index (χ2v) is 5.58. The van der Waals surface area contributed by atoms with E-state index in [0.717, 1.165) is 5.56 Å². The van der Waals surface area contributed by atoms with Crippen LogP contribution < -0.4 is 14.8 Å². The van der Waals surface area contributed by atoms with Crippen molar-refractivity contribution < 1.29 is 14.3 Å². The molecule has 1 N–H and O–H groups in total. The number of halogens is 1. The minimum absolute atomic E-state index is 0.0835. The maximum Gasteiger partial charge on any atom is 0.255 e. The van der Waals surface area contributed by atoms with Crippen molar-refractivity contribution in [1.29, 1.82) is 0 Å². The van der Waals surface area contributed by atoms with Gasteiger partial charge in [-0.05, 0) is 42.0 Å². The summed E-state index contributed by atoms with van der Waals surface area (Å²) in [6, 6.07) is 20.0. The minimum atomic E-state index is -0.221. The van der Waals surface area contributed by atoms with Crippen LogP contribution >= 0.6 is 11.6 Å². The van der Waals surface area contributed by atoms with E-state index in [1.165, 1.54) is 0 Å². The predicted octanol–water partition coefficient (Wildman–Crippen LogP) is 4.49. The molecule has 3 rings (SSSR count). The second kappa shape index (κ2) is 8.87. The Morgan fingerprint density at radius 1 is 1.00 bits per heavy atom. The molecular weight excluding hydrogens is 352 g/mol. The van der Waals surface area contributed by atoms with E-state index in [2.05, 4.69) is 10.3 Å². The highest BCUT2D eigenvalue weighted by molar-refractivity contribution is 6.17. The van der Waals surface area contributed by atoms with Crippen molar-refractivity contribution in [2.75, 3.05) is 11.4 Å². The van der Waals surface area contributed by atoms with Crippen LogP contribution in [0.5, 0.6) is 11.6 Å². The number of alkyl halides is 1. The molecule has 0 bridgehead atoms. The first-order chi connectivity index (χ1) is 12.8. The van der Waals surface area contributed by atoms with Gasteiger partial charge in [0.2, 0.25) is 5.88 Å². The Hall–Kier alpha value is -3.05. The Kier molecular flexibility index (Phi) is 6.06. The number of anilines is 1. The molecule has 132 valence electrons. The largest absolute Gasteiger partial charge is 0.478 e. The fraction of sp³-hybridized carbons (Fsp3) is 0.100. The number of carbonyl (C=O) groups is 1. The molecule has 6 heteroatoms. The second-order valence-electron chi connectivity index (χ2n) is 5.37. The number of ether oxygens (including phenoxy) is 2. The van der Waals surface area contributed by atoms with Crippen molar-refractivity contribution in [2.45, 2.75) is 6.61 Å². The van der Waals surface area contributed by atoms with Crippen molar-refractivity contribution in [3.63, 3.8) is 0 Å². The average Bonchev–Trinajstić information content (AvgIpc) is 2.68. The molecule has 0 radical (unpaired) electrons. The van der Waals surface area contributed by atoms with E-state index < -0.39 is 0 Å². The lowest BCUT2D eigenvalue weighted by molar-refractivity contribution is 0.102. The van der Waals surface area contributed by atoms with Crippen LogP contribution in [0.4, 0.5) is 5.69 Å². The Morgan fingerprint density at radius 3 is 2.65 bits per heavy atom. The monoisotopic (exact) mass is 368 g/mol. The van der Waals surface area contributed by atoms with E-state index in [0.29, 0.717) is 22.9 Å². The number of aromatic nitrogens is 1. The lowest BCUT2D eigenvalue weighted by atomic mass is 10.2. The van der Waals surface area contributed by atoms with Crippen LogP contribution in [0.3, 0.4) is 0 Å². The third-order valence-corrected chi connectivity index (χ3v) is 3.66. The van der Waals surface area contributed by atoms with Gasteiger partial charge in [0.25, 0.3) is 5.91 Å². The first-order valence-corrected chi connectivity index (χ1v) is 8.51. The molecule has 0 spiro atoms. The van der Waals surface area contributed by atoms with Crippen molar-refractivity contribution in [3.8, 4) is 11.6 Å². The number of rotatable bonds is 7. The summed E-state index contributed by atoms with van der Waals surface area (Å²) in [6.45, 7) is 0.282. The van der Waals surface area contributed by atoms with Gasteiger partial charge >= 0.3 is 0 Å². The third-order valence-electron chi connectivity index (χ3n) is 3.55. The fourth-order valence-corrected chi connectivity index (χ4v) is 2.45. The van der Waals surface area contributed by atoms with Gasteiger partial charge in [-0.3, -0.25) is 4.79 Å². The molecule has 0 aliphatic heterocycles. The summed E-state index contributed by atoms with van der Waals surface area (Å²) in [5, 5.41) is 2.83. The smallest absolute Gasteiger partial charge is 0.255 e. The zero-order valence-electron chi connectivity index (χ0n) is 13.9. The Morgan fingerprint density at radius 2 is 1.85 bits per heavy atom. The van der Waals surface area contributed by atoms with Crippen LogP contribution in [-0.4, -0.2) is 17.0 Å². The molecule has 0 aliphatic rings. The summed E-state index contributed by atoms with van der Waals surface area (Å²) in [6.07, 6.45) is 1.61. The highest BCUT2D eigenvalue weighted by atomic mass is 35.5. The zero-order valence-corrected chi connectivity index (χ0v) is 14.6. The topological polar surface area (TPSA) is 60.5 Å². The minimum Gasteiger partial charge on any atom is -0.478 e. The summed E-state index contributed by atoms with van der Waals surface area (Å²) in [5.41, 5.74) is 1.97. The molecule has 0 atom stereocenters. The van der Waals surface area contributed by atoms with Gasteiger partial charge in [0.15, 0.2) is 6.07 Å². The van der Waals surface area contributed by atoms with E-state index in [1.54, 1.807) is 30.5 Å². The Labute approximate surface area is 156 Å². The fourth-order valence-electron chi connectivity index (χ4n) is 2.32. The predicted molar refractivity (Wildman–Crippen MR) is 101 cm³/mol. The van der Waals surface area contributed by atoms with Crippen LogP contribution in [0.15, 0.2) is 72.9 Å². The van der Waals surface area contributed by atoms with Crippen LogP contribution in [0.25, 0.3) is 0 Å². The number of amides is 1. The van der Waals surface area contributed by atoms with Crippen molar-refractivity contribution in [1.82, 2.24) is 4.98 Å². The van der Waals surface area contributed by atoms with Gasteiger partial charge in [-0.15, -0.1) is 0 Å². The average molecular weight is 369 g/mol. The standard InChI is InChI=1S/C20H17ClN2O3/c21-14-26-17-9-4-6-15(12-17)13-25-20-18(10-5-11-22-20)23-19(24)16-7-2-1-3-8-16/h1-12H,13-14H2,(H,23,24). The highest BCUT2D eigenvalue weighted by Gasteiger charge is 2.11. The number of benzene rings is 2. The molecule has 2 aromatic carbocycles. The van der Waals surface area contributed by atoms with Gasteiger partial charge in [-0.25, -0.2) is 4.98 Å². The molecule has 0 unspecified atom stereocenters. The summed E-state index contributed by atoms with van der Waals surface area (Å²) in [4.78, 5) is 16.5. The maximum absolute atomic E-state index is 12.3. The summed E-state index contributed by atoms with van der Waals surface area (Å²) >= 11 is 5.58. The van der Waals surface area contributed by atoms with Crippen molar-refractivity contribution in [3.05, 3.63) is 84.1 Å². The molecule has 5 nitrogen and oxygen atoms in total. The van der Waals surface area contributed by atoms with E-state index >= 15 is 0 Å². The molecule has 0 aliphatic carbocycles. The number of pyridine rings is 1. The number of hydrogen-bond acceptors (Lipinski definition) is 4. The number of carbonyl (C=O) groups excluding carboxylic acids is 1. The Balaban J connectivity index is 1.69. The highest BCUT2D eigenvalue weighted by Crippen LogP contribution is 2.23. The van der Waals surface area contributed by atoms with Gasteiger partial charge in [-0.1, -0.05) is 41.9 Å².